The van der Waals surface area contributed by atoms with Crippen LogP contribution in [-0.2, 0) is 14.3 Å². The van der Waals surface area contributed by atoms with E-state index in [1.807, 2.05) is 0 Å². The smallest absolute Gasteiger partial charge is 0.369 e. The monoisotopic (exact) mass is 295 g/mol. The van der Waals surface area contributed by atoms with Gasteiger partial charge in [0.05, 0.1) is 0 Å². The Balaban J connectivity index is 1.81. The van der Waals surface area contributed by atoms with Gasteiger partial charge in [-0.3, -0.25) is 0 Å². The second-order valence-corrected chi connectivity index (χ2v) is 5.50. The number of aromatic nitrogens is 1. The summed E-state index contributed by atoms with van der Waals surface area (Å²) < 4.78 is 10.7. The minimum Gasteiger partial charge on any atom is -0.479 e. The van der Waals surface area contributed by atoms with Crippen molar-refractivity contribution in [3.8, 4) is 0 Å². The lowest BCUT2D eigenvalue weighted by Crippen LogP contribution is -2.43. The Hall–Kier alpha value is -1.96. The molecule has 0 unspecified atom stereocenters. The van der Waals surface area contributed by atoms with Crippen LogP contribution in [0.3, 0.4) is 0 Å². The quantitative estimate of drug-likeness (QED) is 0.668. The van der Waals surface area contributed by atoms with E-state index in [-0.39, 0.29) is 5.70 Å². The summed E-state index contributed by atoms with van der Waals surface area (Å²) in [7, 11) is 0. The van der Waals surface area contributed by atoms with E-state index >= 15 is 0 Å². The molecule has 0 saturated heterocycles. The molecule has 0 radical (unpaired) electrons. The Morgan fingerprint density at radius 3 is 2.70 bits per heavy atom. The zero-order chi connectivity index (χ0) is 14.0. The summed E-state index contributed by atoms with van der Waals surface area (Å²) in [5.74, 6) is -2.26. The minimum atomic E-state index is -1.03. The van der Waals surface area contributed by atoms with Crippen LogP contribution >= 0.6 is 11.3 Å². The number of nitrogens with zero attached hydrogens (tertiary/aromatic N) is 3. The molecule has 0 amide bonds. The molecule has 0 atom stereocenters. The van der Waals surface area contributed by atoms with E-state index in [0.29, 0.717) is 18.0 Å². The summed E-state index contributed by atoms with van der Waals surface area (Å²) in [5.41, 5.74) is -0.323. The van der Waals surface area contributed by atoms with Crippen molar-refractivity contribution in [1.29, 1.82) is 0 Å². The highest BCUT2D eigenvalue weighted by atomic mass is 32.1. The van der Waals surface area contributed by atoms with Crippen LogP contribution in [0.1, 0.15) is 32.1 Å². The van der Waals surface area contributed by atoms with Crippen molar-refractivity contribution >= 4 is 22.4 Å². The first-order chi connectivity index (χ1) is 9.69. The number of hydrogen-bond acceptors (Lipinski definition) is 8. The maximum atomic E-state index is 11.9. The Kier molecular flexibility index (Phi) is 3.39. The molecule has 0 aromatic carbocycles. The van der Waals surface area contributed by atoms with E-state index < -0.39 is 17.7 Å². The Morgan fingerprint density at radius 2 is 2.05 bits per heavy atom. The highest BCUT2D eigenvalue weighted by molar-refractivity contribution is 7.13. The van der Waals surface area contributed by atoms with Gasteiger partial charge >= 0.3 is 11.9 Å². The lowest BCUT2D eigenvalue weighted by atomic mass is 9.93. The van der Waals surface area contributed by atoms with Crippen LogP contribution in [0.5, 0.6) is 0 Å². The molecule has 106 valence electrons. The summed E-state index contributed by atoms with van der Waals surface area (Å²) in [6.45, 7) is 0. The first kappa shape index (κ1) is 13.0. The van der Waals surface area contributed by atoms with E-state index in [1.54, 1.807) is 11.6 Å². The summed E-state index contributed by atoms with van der Waals surface area (Å²) >= 11 is 1.27. The highest BCUT2D eigenvalue weighted by Crippen LogP contribution is 2.38. The summed E-state index contributed by atoms with van der Waals surface area (Å²) in [5, 5.41) is 19.4. The summed E-state index contributed by atoms with van der Waals surface area (Å²) in [6.07, 6.45) is 5.61. The van der Waals surface area contributed by atoms with Crippen molar-refractivity contribution in [2.75, 3.05) is 0 Å². The standard InChI is InChI=1S/C12H13N3O4S/c16-9-8(14-15-11-13-6-7-20-11)10(17)19-12(18-9)4-2-1-3-5-12/h6-7,16H,1-5H2. The van der Waals surface area contributed by atoms with Crippen molar-refractivity contribution in [1.82, 2.24) is 4.98 Å². The number of aliphatic hydroxyl groups excluding tert-OH is 1. The molecule has 1 aliphatic carbocycles. The second kappa shape index (κ2) is 5.20. The molecular weight excluding hydrogens is 282 g/mol. The van der Waals surface area contributed by atoms with Gasteiger partial charge in [0.2, 0.25) is 5.13 Å². The van der Waals surface area contributed by atoms with Gasteiger partial charge in [-0.15, -0.1) is 21.6 Å². The maximum absolute atomic E-state index is 11.9. The van der Waals surface area contributed by atoms with E-state index in [9.17, 15) is 9.90 Å². The molecule has 2 heterocycles. The molecule has 1 aromatic rings. The number of hydrogen-bond donors (Lipinski definition) is 1. The lowest BCUT2D eigenvalue weighted by molar-refractivity contribution is -0.249. The van der Waals surface area contributed by atoms with Crippen molar-refractivity contribution in [3.63, 3.8) is 0 Å². The van der Waals surface area contributed by atoms with Gasteiger partial charge < -0.3 is 14.6 Å². The van der Waals surface area contributed by atoms with Crippen molar-refractivity contribution in [2.45, 2.75) is 37.9 Å². The second-order valence-electron chi connectivity index (χ2n) is 4.63. The molecule has 1 fully saturated rings. The van der Waals surface area contributed by atoms with Gasteiger partial charge in [0.1, 0.15) is 0 Å². The summed E-state index contributed by atoms with van der Waals surface area (Å²) in [6, 6.07) is 0. The predicted molar refractivity (Wildman–Crippen MR) is 69.3 cm³/mol. The molecule has 3 rings (SSSR count). The molecule has 1 aliphatic heterocycles. The Labute approximate surface area is 119 Å². The molecule has 8 heteroatoms. The largest absolute Gasteiger partial charge is 0.479 e. The van der Waals surface area contributed by atoms with Crippen LogP contribution < -0.4 is 0 Å². The number of esters is 1. The normalized spacial score (nSPS) is 22.1. The number of thiazole rings is 1. The van der Waals surface area contributed by atoms with Gasteiger partial charge in [-0.25, -0.2) is 9.78 Å². The van der Waals surface area contributed by atoms with E-state index in [1.165, 1.54) is 11.3 Å². The van der Waals surface area contributed by atoms with Gasteiger partial charge in [-0.05, 0) is 12.8 Å². The molecular formula is C12H13N3O4S. The topological polar surface area (TPSA) is 93.4 Å². The third kappa shape index (κ3) is 2.51. The van der Waals surface area contributed by atoms with Gasteiger partial charge in [0.25, 0.3) is 11.5 Å². The van der Waals surface area contributed by atoms with Gasteiger partial charge in [-0.2, -0.15) is 0 Å². The van der Waals surface area contributed by atoms with E-state index in [4.69, 9.17) is 9.47 Å². The van der Waals surface area contributed by atoms with Crippen LogP contribution in [0, 0.1) is 0 Å². The van der Waals surface area contributed by atoms with Gasteiger partial charge in [0.15, 0.2) is 0 Å². The number of carbonyl (C=O) groups excluding carboxylic acids is 1. The van der Waals surface area contributed by atoms with Crippen LogP contribution in [0.25, 0.3) is 0 Å². The first-order valence-corrected chi connectivity index (χ1v) is 7.23. The Bertz CT molecular complexity index is 561. The average Bonchev–Trinajstić information content (AvgIpc) is 2.91. The fraction of sp³-hybridized carbons (Fsp3) is 0.500. The number of rotatable bonds is 2. The SMILES string of the molecule is O=C1OC2(CCCCC2)OC(O)=C1N=Nc1nccs1. The molecule has 1 saturated carbocycles. The maximum Gasteiger partial charge on any atom is 0.369 e. The minimum absolute atomic E-state index is 0.323. The zero-order valence-electron chi connectivity index (χ0n) is 10.6. The highest BCUT2D eigenvalue weighted by Gasteiger charge is 2.45. The third-order valence-electron chi connectivity index (χ3n) is 3.23. The van der Waals surface area contributed by atoms with E-state index in [2.05, 4.69) is 15.2 Å². The number of azo groups is 1. The number of carbonyl (C=O) groups is 1. The van der Waals surface area contributed by atoms with Crippen molar-refractivity contribution in [2.24, 2.45) is 10.2 Å². The zero-order valence-corrected chi connectivity index (χ0v) is 11.4. The van der Waals surface area contributed by atoms with Crippen molar-refractivity contribution < 1.29 is 19.4 Å². The van der Waals surface area contributed by atoms with Crippen molar-refractivity contribution in [3.05, 3.63) is 23.2 Å². The molecule has 1 N–H and O–H groups in total. The van der Waals surface area contributed by atoms with Gasteiger partial charge in [-0.1, -0.05) is 6.42 Å². The summed E-state index contributed by atoms with van der Waals surface area (Å²) in [4.78, 5) is 15.8. The Morgan fingerprint density at radius 1 is 1.25 bits per heavy atom. The fourth-order valence-electron chi connectivity index (χ4n) is 2.29. The number of aliphatic hydroxyl groups is 1. The lowest BCUT2D eigenvalue weighted by Gasteiger charge is -2.38. The first-order valence-electron chi connectivity index (χ1n) is 6.35. The van der Waals surface area contributed by atoms with Crippen LogP contribution in [-0.4, -0.2) is 21.8 Å². The van der Waals surface area contributed by atoms with Crippen LogP contribution in [0.15, 0.2) is 33.4 Å². The molecule has 1 spiro atoms. The predicted octanol–water partition coefficient (Wildman–Crippen LogP) is 3.19. The molecule has 1 aromatic heterocycles. The van der Waals surface area contributed by atoms with E-state index in [0.717, 1.165) is 19.3 Å². The molecule has 20 heavy (non-hydrogen) atoms. The molecule has 0 bridgehead atoms. The van der Waals surface area contributed by atoms with Crippen LogP contribution in [0.2, 0.25) is 0 Å². The number of ether oxygens (including phenoxy) is 2. The van der Waals surface area contributed by atoms with Gasteiger partial charge in [0, 0.05) is 24.4 Å². The van der Waals surface area contributed by atoms with Crippen LogP contribution in [0.4, 0.5) is 5.13 Å². The molecule has 2 aliphatic rings. The average molecular weight is 295 g/mol. The molecule has 7 nitrogen and oxygen atoms in total. The third-order valence-corrected chi connectivity index (χ3v) is 3.88. The fourth-order valence-corrected chi connectivity index (χ4v) is 2.74.